The zero-order valence-electron chi connectivity index (χ0n) is 18.7. The smallest absolute Gasteiger partial charge is 0.415 e. The maximum absolute atomic E-state index is 13.2. The number of hydrogen-bond donors (Lipinski definition) is 0. The molecule has 0 atom stereocenters. The number of halogens is 2. The second-order valence-corrected chi connectivity index (χ2v) is 9.62. The van der Waals surface area contributed by atoms with E-state index >= 15 is 0 Å². The number of nitrogens with zero attached hydrogens (tertiary/aromatic N) is 3. The largest absolute Gasteiger partial charge is 0.443 e. The molecule has 9 heteroatoms. The van der Waals surface area contributed by atoms with Gasteiger partial charge in [-0.05, 0) is 67.0 Å². The lowest BCUT2D eigenvalue weighted by Gasteiger charge is -2.29. The average molecular weight is 543 g/mol. The van der Waals surface area contributed by atoms with Crippen LogP contribution in [0.3, 0.4) is 0 Å². The second kappa shape index (κ2) is 9.19. The first-order chi connectivity index (χ1) is 16.1. The number of aromatic nitrogens is 1. The summed E-state index contributed by atoms with van der Waals surface area (Å²) in [6, 6.07) is 11.8. The van der Waals surface area contributed by atoms with Crippen molar-refractivity contribution in [2.24, 2.45) is 0 Å². The molecule has 7 nitrogen and oxygen atoms in total. The van der Waals surface area contributed by atoms with Gasteiger partial charge in [-0.15, -0.1) is 0 Å². The molecule has 0 saturated heterocycles. The highest BCUT2D eigenvalue weighted by atomic mass is 79.9. The molecule has 4 rings (SSSR count). The van der Waals surface area contributed by atoms with E-state index in [1.165, 1.54) is 10.4 Å². The Morgan fingerprint density at radius 1 is 1.15 bits per heavy atom. The summed E-state index contributed by atoms with van der Waals surface area (Å²) in [4.78, 5) is 46.5. The quantitative estimate of drug-likeness (QED) is 0.362. The molecular formula is C25H21BrClN3O4. The van der Waals surface area contributed by atoms with Gasteiger partial charge in [0, 0.05) is 23.7 Å². The third kappa shape index (κ3) is 4.31. The zero-order chi connectivity index (χ0) is 24.6. The summed E-state index contributed by atoms with van der Waals surface area (Å²) >= 11 is 9.34. The number of benzene rings is 2. The van der Waals surface area contributed by atoms with Crippen LogP contribution < -0.4 is 9.80 Å². The van der Waals surface area contributed by atoms with Gasteiger partial charge in [0.05, 0.1) is 32.5 Å². The van der Waals surface area contributed by atoms with Crippen LogP contribution in [0.4, 0.5) is 16.2 Å². The molecule has 3 aromatic rings. The number of imide groups is 1. The summed E-state index contributed by atoms with van der Waals surface area (Å²) in [5.74, 6) is -0.907. The van der Waals surface area contributed by atoms with Gasteiger partial charge in [0.2, 0.25) is 0 Å². The number of pyridine rings is 1. The molecule has 0 fully saturated rings. The van der Waals surface area contributed by atoms with Gasteiger partial charge in [0.15, 0.2) is 0 Å². The van der Waals surface area contributed by atoms with E-state index in [2.05, 4.69) is 20.9 Å². The van der Waals surface area contributed by atoms with E-state index in [1.54, 1.807) is 75.5 Å². The first-order valence-corrected chi connectivity index (χ1v) is 11.7. The Kier molecular flexibility index (Phi) is 6.47. The molecule has 1 aromatic heterocycles. The molecular weight excluding hydrogens is 522 g/mol. The van der Waals surface area contributed by atoms with Gasteiger partial charge in [0.25, 0.3) is 11.8 Å². The molecule has 1 aliphatic rings. The van der Waals surface area contributed by atoms with Crippen molar-refractivity contribution in [3.8, 4) is 0 Å². The molecule has 0 radical (unpaired) electrons. The van der Waals surface area contributed by atoms with Gasteiger partial charge in [0.1, 0.15) is 5.60 Å². The molecule has 0 bridgehead atoms. The van der Waals surface area contributed by atoms with E-state index in [1.807, 2.05) is 0 Å². The summed E-state index contributed by atoms with van der Waals surface area (Å²) in [7, 11) is 0. The van der Waals surface area contributed by atoms with Crippen molar-refractivity contribution in [1.82, 2.24) is 4.98 Å². The fourth-order valence-corrected chi connectivity index (χ4v) is 4.42. The van der Waals surface area contributed by atoms with Crippen molar-refractivity contribution in [3.63, 3.8) is 0 Å². The van der Waals surface area contributed by atoms with Crippen molar-refractivity contribution in [2.45, 2.75) is 26.4 Å². The number of amides is 3. The zero-order valence-corrected chi connectivity index (χ0v) is 21.1. The highest BCUT2D eigenvalue weighted by Crippen LogP contribution is 2.42. The van der Waals surface area contributed by atoms with Gasteiger partial charge in [-0.2, -0.15) is 0 Å². The molecule has 3 amide bonds. The Bertz CT molecular complexity index is 1310. The lowest BCUT2D eigenvalue weighted by Crippen LogP contribution is -2.37. The number of hydrogen-bond acceptors (Lipinski definition) is 5. The number of carbonyl (C=O) groups excluding carboxylic acids is 3. The fourth-order valence-electron chi connectivity index (χ4n) is 3.69. The predicted molar refractivity (Wildman–Crippen MR) is 136 cm³/mol. The Hall–Kier alpha value is -3.23. The monoisotopic (exact) mass is 541 g/mol. The maximum atomic E-state index is 13.2. The summed E-state index contributed by atoms with van der Waals surface area (Å²) < 4.78 is 6.16. The van der Waals surface area contributed by atoms with Gasteiger partial charge in [-0.25, -0.2) is 9.69 Å². The molecule has 2 heterocycles. The van der Waals surface area contributed by atoms with Crippen LogP contribution in [0.1, 0.15) is 41.5 Å². The number of carbonyl (C=O) groups is 3. The normalized spacial score (nSPS) is 13.6. The van der Waals surface area contributed by atoms with Crippen molar-refractivity contribution in [3.05, 3.63) is 75.9 Å². The minimum Gasteiger partial charge on any atom is -0.443 e. The van der Waals surface area contributed by atoms with Crippen molar-refractivity contribution in [1.29, 1.82) is 0 Å². The van der Waals surface area contributed by atoms with Crippen LogP contribution in [0.15, 0.2) is 64.7 Å². The lowest BCUT2D eigenvalue weighted by molar-refractivity contribution is 0.0584. The van der Waals surface area contributed by atoms with Crippen molar-refractivity contribution >= 4 is 67.7 Å². The fraction of sp³-hybridized carbons (Fsp3) is 0.200. The van der Waals surface area contributed by atoms with E-state index in [0.717, 1.165) is 4.90 Å². The van der Waals surface area contributed by atoms with Crippen LogP contribution in [0.2, 0.25) is 0 Å². The average Bonchev–Trinajstić information content (AvgIpc) is 3.05. The lowest BCUT2D eigenvalue weighted by atomic mass is 10.1. The molecule has 34 heavy (non-hydrogen) atoms. The minimum absolute atomic E-state index is 0.102. The standard InChI is InChI=1S/C25H21BrClN3O4/c1-25(2,3)34-24(33)29(13-7-11-27)18-14-19(21-17(20(18)26)10-6-12-28-21)30-22(31)15-8-4-5-9-16(15)23(30)32/h4-12,14H,13H2,1-3H3. The van der Waals surface area contributed by atoms with E-state index < -0.39 is 23.5 Å². The SMILES string of the molecule is CC(C)(C)OC(=O)N(CC=CCl)c1cc(N2C(=O)c3ccccc3C2=O)c2ncccc2c1Br. The minimum atomic E-state index is -0.740. The molecule has 2 aromatic carbocycles. The molecule has 0 aliphatic carbocycles. The Balaban J connectivity index is 1.93. The van der Waals surface area contributed by atoms with Crippen molar-refractivity contribution < 1.29 is 19.1 Å². The second-order valence-electron chi connectivity index (χ2n) is 8.57. The van der Waals surface area contributed by atoms with Crippen LogP contribution in [0, 0.1) is 0 Å². The molecule has 0 saturated carbocycles. The molecule has 0 N–H and O–H groups in total. The first-order valence-electron chi connectivity index (χ1n) is 10.4. The number of ether oxygens (including phenoxy) is 1. The third-order valence-corrected chi connectivity index (χ3v) is 6.11. The highest BCUT2D eigenvalue weighted by Gasteiger charge is 2.38. The van der Waals surface area contributed by atoms with Gasteiger partial charge >= 0.3 is 6.09 Å². The summed E-state index contributed by atoms with van der Waals surface area (Å²) in [6.45, 7) is 5.41. The molecule has 174 valence electrons. The first kappa shape index (κ1) is 23.9. The highest BCUT2D eigenvalue weighted by molar-refractivity contribution is 9.10. The van der Waals surface area contributed by atoms with Gasteiger partial charge in [-0.1, -0.05) is 29.8 Å². The van der Waals surface area contributed by atoms with Crippen LogP contribution in [0.5, 0.6) is 0 Å². The molecule has 0 spiro atoms. The number of rotatable bonds is 4. The van der Waals surface area contributed by atoms with E-state index in [0.29, 0.717) is 32.2 Å². The van der Waals surface area contributed by atoms with E-state index in [4.69, 9.17) is 16.3 Å². The molecule has 1 aliphatic heterocycles. The van der Waals surface area contributed by atoms with Crippen LogP contribution in [-0.4, -0.2) is 35.0 Å². The summed E-state index contributed by atoms with van der Waals surface area (Å²) in [5, 5.41) is 0.620. The molecule has 0 unspecified atom stereocenters. The van der Waals surface area contributed by atoms with Crippen LogP contribution in [-0.2, 0) is 4.74 Å². The summed E-state index contributed by atoms with van der Waals surface area (Å²) in [5.41, 5.74) is 2.30. The van der Waals surface area contributed by atoms with E-state index in [9.17, 15) is 14.4 Å². The Morgan fingerprint density at radius 3 is 2.38 bits per heavy atom. The Labute approximate surface area is 210 Å². The number of fused-ring (bicyclic) bond motifs is 2. The van der Waals surface area contributed by atoms with Gasteiger partial charge in [-0.3, -0.25) is 19.5 Å². The Morgan fingerprint density at radius 2 is 1.79 bits per heavy atom. The predicted octanol–water partition coefficient (Wildman–Crippen LogP) is 6.29. The third-order valence-electron chi connectivity index (χ3n) is 5.10. The number of anilines is 2. The van der Waals surface area contributed by atoms with Crippen LogP contribution >= 0.6 is 27.5 Å². The summed E-state index contributed by atoms with van der Waals surface area (Å²) in [6.07, 6.45) is 2.56. The maximum Gasteiger partial charge on any atom is 0.415 e. The topological polar surface area (TPSA) is 79.8 Å². The van der Waals surface area contributed by atoms with Crippen LogP contribution in [0.25, 0.3) is 10.9 Å². The van der Waals surface area contributed by atoms with E-state index in [-0.39, 0.29) is 12.2 Å². The van der Waals surface area contributed by atoms with Gasteiger partial charge < -0.3 is 4.74 Å². The van der Waals surface area contributed by atoms with Crippen molar-refractivity contribution in [2.75, 3.05) is 16.3 Å².